The SMILES string of the molecule is COCC(CCCl)NCC1CCCN(S(C)(=O)=O)C1. The Morgan fingerprint density at radius 2 is 2.26 bits per heavy atom. The summed E-state index contributed by atoms with van der Waals surface area (Å²) in [7, 11) is -1.38. The second-order valence-electron chi connectivity index (χ2n) is 5.17. The summed E-state index contributed by atoms with van der Waals surface area (Å²) in [6, 6.07) is 0.246. The van der Waals surface area contributed by atoms with Crippen molar-refractivity contribution in [2.24, 2.45) is 5.92 Å². The Bertz CT molecular complexity index is 345. The zero-order valence-corrected chi connectivity index (χ0v) is 13.3. The van der Waals surface area contributed by atoms with Crippen molar-refractivity contribution in [3.63, 3.8) is 0 Å². The molecule has 0 radical (unpaired) electrons. The second kappa shape index (κ2) is 8.42. The molecule has 1 fully saturated rings. The molecule has 0 aromatic rings. The monoisotopic (exact) mass is 312 g/mol. The molecule has 0 aromatic heterocycles. The lowest BCUT2D eigenvalue weighted by atomic mass is 9.99. The van der Waals surface area contributed by atoms with E-state index in [2.05, 4.69) is 5.32 Å². The summed E-state index contributed by atoms with van der Waals surface area (Å²) < 4.78 is 29.8. The van der Waals surface area contributed by atoms with Crippen LogP contribution >= 0.6 is 11.6 Å². The first kappa shape index (κ1) is 17.2. The van der Waals surface area contributed by atoms with Crippen LogP contribution in [0.1, 0.15) is 19.3 Å². The van der Waals surface area contributed by atoms with Crippen molar-refractivity contribution in [3.8, 4) is 0 Å². The highest BCUT2D eigenvalue weighted by Crippen LogP contribution is 2.18. The van der Waals surface area contributed by atoms with E-state index in [-0.39, 0.29) is 6.04 Å². The minimum absolute atomic E-state index is 0.246. The number of nitrogens with zero attached hydrogens (tertiary/aromatic N) is 1. The molecule has 0 saturated carbocycles. The van der Waals surface area contributed by atoms with Crippen LogP contribution in [0.5, 0.6) is 0 Å². The summed E-state index contributed by atoms with van der Waals surface area (Å²) in [6.45, 7) is 2.72. The van der Waals surface area contributed by atoms with Gasteiger partial charge in [-0.15, -0.1) is 11.6 Å². The lowest BCUT2D eigenvalue weighted by Gasteiger charge is -2.32. The van der Waals surface area contributed by atoms with Gasteiger partial charge in [-0.05, 0) is 31.7 Å². The Morgan fingerprint density at radius 1 is 1.53 bits per heavy atom. The van der Waals surface area contributed by atoms with E-state index in [9.17, 15) is 8.42 Å². The Hall–Kier alpha value is 0.120. The van der Waals surface area contributed by atoms with Crippen LogP contribution in [0.25, 0.3) is 0 Å². The van der Waals surface area contributed by atoms with Gasteiger partial charge in [-0.3, -0.25) is 0 Å². The van der Waals surface area contributed by atoms with E-state index in [1.54, 1.807) is 11.4 Å². The van der Waals surface area contributed by atoms with Crippen LogP contribution in [0.2, 0.25) is 0 Å². The van der Waals surface area contributed by atoms with Crippen LogP contribution in [0, 0.1) is 5.92 Å². The average Bonchev–Trinajstić information content (AvgIpc) is 2.36. The molecule has 19 heavy (non-hydrogen) atoms. The number of halogens is 1. The van der Waals surface area contributed by atoms with E-state index < -0.39 is 10.0 Å². The fraction of sp³-hybridized carbons (Fsp3) is 1.00. The Kier molecular flexibility index (Phi) is 7.61. The number of alkyl halides is 1. The summed E-state index contributed by atoms with van der Waals surface area (Å²) in [5.74, 6) is 0.972. The van der Waals surface area contributed by atoms with Gasteiger partial charge in [0.1, 0.15) is 0 Å². The van der Waals surface area contributed by atoms with Crippen LogP contribution in [-0.4, -0.2) is 64.3 Å². The fourth-order valence-corrected chi connectivity index (χ4v) is 3.61. The summed E-state index contributed by atoms with van der Waals surface area (Å²) >= 11 is 5.75. The molecule has 1 saturated heterocycles. The van der Waals surface area contributed by atoms with Gasteiger partial charge in [0.05, 0.1) is 12.9 Å². The molecule has 5 nitrogen and oxygen atoms in total. The zero-order chi connectivity index (χ0) is 14.3. The highest BCUT2D eigenvalue weighted by atomic mass is 35.5. The molecule has 7 heteroatoms. The third kappa shape index (κ3) is 6.40. The van der Waals surface area contributed by atoms with Crippen LogP contribution in [0.15, 0.2) is 0 Å². The number of hydrogen-bond donors (Lipinski definition) is 1. The topological polar surface area (TPSA) is 58.6 Å². The van der Waals surface area contributed by atoms with Gasteiger partial charge in [0.15, 0.2) is 0 Å². The van der Waals surface area contributed by atoms with Gasteiger partial charge in [0.25, 0.3) is 0 Å². The van der Waals surface area contributed by atoms with Crippen molar-refractivity contribution < 1.29 is 13.2 Å². The quantitative estimate of drug-likeness (QED) is 0.676. The number of hydrogen-bond acceptors (Lipinski definition) is 4. The van der Waals surface area contributed by atoms with Gasteiger partial charge in [-0.25, -0.2) is 12.7 Å². The lowest BCUT2D eigenvalue weighted by Crippen LogP contribution is -2.44. The molecule has 0 aromatic carbocycles. The van der Waals surface area contributed by atoms with E-state index in [0.29, 0.717) is 31.5 Å². The van der Waals surface area contributed by atoms with E-state index in [1.165, 1.54) is 6.26 Å². The van der Waals surface area contributed by atoms with E-state index in [4.69, 9.17) is 16.3 Å². The molecule has 2 unspecified atom stereocenters. The molecule has 1 aliphatic rings. The third-order valence-corrected chi connectivity index (χ3v) is 4.96. The Labute approximate surface area is 121 Å². The normalized spacial score (nSPS) is 23.4. The van der Waals surface area contributed by atoms with Gasteiger partial charge < -0.3 is 10.1 Å². The highest BCUT2D eigenvalue weighted by Gasteiger charge is 2.26. The van der Waals surface area contributed by atoms with E-state index >= 15 is 0 Å². The first-order valence-corrected chi connectivity index (χ1v) is 9.09. The number of methoxy groups -OCH3 is 1. The fourth-order valence-electron chi connectivity index (χ4n) is 2.41. The van der Waals surface area contributed by atoms with Crippen LogP contribution in [0.3, 0.4) is 0 Å². The second-order valence-corrected chi connectivity index (χ2v) is 7.53. The maximum Gasteiger partial charge on any atom is 0.211 e. The minimum Gasteiger partial charge on any atom is -0.383 e. The predicted molar refractivity (Wildman–Crippen MR) is 78.1 cm³/mol. The van der Waals surface area contributed by atoms with Crippen molar-refractivity contribution in [1.82, 2.24) is 9.62 Å². The van der Waals surface area contributed by atoms with Crippen molar-refractivity contribution in [2.75, 3.05) is 45.5 Å². The lowest BCUT2D eigenvalue weighted by molar-refractivity contribution is 0.158. The van der Waals surface area contributed by atoms with Crippen molar-refractivity contribution in [2.45, 2.75) is 25.3 Å². The maximum atomic E-state index is 11.5. The van der Waals surface area contributed by atoms with E-state index in [0.717, 1.165) is 25.8 Å². The van der Waals surface area contributed by atoms with Gasteiger partial charge in [-0.2, -0.15) is 0 Å². The summed E-state index contributed by atoms with van der Waals surface area (Å²) in [6.07, 6.45) is 4.14. The zero-order valence-electron chi connectivity index (χ0n) is 11.8. The molecule has 2 atom stereocenters. The molecule has 1 rings (SSSR count). The molecule has 0 bridgehead atoms. The van der Waals surface area contributed by atoms with Crippen LogP contribution < -0.4 is 5.32 Å². The molecule has 1 heterocycles. The van der Waals surface area contributed by atoms with Gasteiger partial charge >= 0.3 is 0 Å². The largest absolute Gasteiger partial charge is 0.383 e. The standard InChI is InChI=1S/C12H25ClN2O3S/c1-18-10-12(5-6-13)14-8-11-4-3-7-15(9-11)19(2,16)17/h11-12,14H,3-10H2,1-2H3. The number of ether oxygens (including phenoxy) is 1. The molecule has 0 amide bonds. The number of nitrogens with one attached hydrogen (secondary N) is 1. The smallest absolute Gasteiger partial charge is 0.211 e. The molecular weight excluding hydrogens is 288 g/mol. The molecule has 1 N–H and O–H groups in total. The predicted octanol–water partition coefficient (Wildman–Crippen LogP) is 0.892. The average molecular weight is 313 g/mol. The summed E-state index contributed by atoms with van der Waals surface area (Å²) in [4.78, 5) is 0. The van der Waals surface area contributed by atoms with E-state index in [1.807, 2.05) is 0 Å². The first-order chi connectivity index (χ1) is 8.97. The highest BCUT2D eigenvalue weighted by molar-refractivity contribution is 7.88. The number of rotatable bonds is 8. The molecule has 0 aliphatic carbocycles. The molecule has 114 valence electrons. The minimum atomic E-state index is -3.06. The number of piperidine rings is 1. The summed E-state index contributed by atoms with van der Waals surface area (Å²) in [5.41, 5.74) is 0. The van der Waals surface area contributed by atoms with Crippen molar-refractivity contribution >= 4 is 21.6 Å². The van der Waals surface area contributed by atoms with Crippen molar-refractivity contribution in [3.05, 3.63) is 0 Å². The molecule has 1 aliphatic heterocycles. The molecule has 0 spiro atoms. The third-order valence-electron chi connectivity index (χ3n) is 3.47. The Morgan fingerprint density at radius 3 is 2.84 bits per heavy atom. The van der Waals surface area contributed by atoms with Crippen LogP contribution in [0.4, 0.5) is 0 Å². The Balaban J connectivity index is 2.39. The van der Waals surface area contributed by atoms with Gasteiger partial charge in [-0.1, -0.05) is 0 Å². The summed E-state index contributed by atoms with van der Waals surface area (Å²) in [5, 5.41) is 3.43. The van der Waals surface area contributed by atoms with Gasteiger partial charge in [0.2, 0.25) is 10.0 Å². The maximum absolute atomic E-state index is 11.5. The van der Waals surface area contributed by atoms with Gasteiger partial charge in [0, 0.05) is 32.1 Å². The number of sulfonamides is 1. The van der Waals surface area contributed by atoms with Crippen LogP contribution in [-0.2, 0) is 14.8 Å². The van der Waals surface area contributed by atoms with Crippen molar-refractivity contribution in [1.29, 1.82) is 0 Å². The molecular formula is C12H25ClN2O3S. The first-order valence-electron chi connectivity index (χ1n) is 6.70.